The van der Waals surface area contributed by atoms with Crippen LogP contribution in [-0.4, -0.2) is 22.3 Å². The Bertz CT molecular complexity index is 927. The van der Waals surface area contributed by atoms with Crippen molar-refractivity contribution < 1.29 is 35.9 Å². The van der Waals surface area contributed by atoms with E-state index in [4.69, 9.17) is 0 Å². The molecule has 1 unspecified atom stereocenters. The van der Waals surface area contributed by atoms with Gasteiger partial charge in [0, 0.05) is 12.0 Å². The Kier molecular flexibility index (Phi) is 5.84. The van der Waals surface area contributed by atoms with Gasteiger partial charge in [-0.3, -0.25) is 9.48 Å². The van der Waals surface area contributed by atoms with Gasteiger partial charge >= 0.3 is 12.8 Å². The number of hydrogen-bond donors (Lipinski definition) is 1. The molecule has 5 nitrogen and oxygen atoms in total. The van der Waals surface area contributed by atoms with Crippen LogP contribution in [-0.2, 0) is 11.0 Å². The van der Waals surface area contributed by atoms with Crippen molar-refractivity contribution in [1.29, 1.82) is 0 Å². The number of nitrogens with zero attached hydrogens (tertiary/aromatic N) is 2. The van der Waals surface area contributed by atoms with E-state index < -0.39 is 42.0 Å². The predicted octanol–water partition coefficient (Wildman–Crippen LogP) is 5.48. The zero-order chi connectivity index (χ0) is 21.5. The molecule has 0 saturated heterocycles. The summed E-state index contributed by atoms with van der Waals surface area (Å²) in [6.07, 6.45) is -3.42. The summed E-state index contributed by atoms with van der Waals surface area (Å²) in [4.78, 5) is 12.6. The van der Waals surface area contributed by atoms with E-state index in [2.05, 4.69) is 31.1 Å². The summed E-state index contributed by atoms with van der Waals surface area (Å²) in [7, 11) is 0. The molecule has 1 aromatic heterocycles. The second kappa shape index (κ2) is 7.88. The second-order valence-electron chi connectivity index (χ2n) is 6.45. The van der Waals surface area contributed by atoms with Crippen molar-refractivity contribution in [2.24, 2.45) is 0 Å². The Morgan fingerprint density at radius 2 is 2.00 bits per heavy atom. The van der Waals surface area contributed by atoms with Crippen molar-refractivity contribution in [2.45, 2.75) is 44.5 Å². The van der Waals surface area contributed by atoms with Crippen LogP contribution in [0.5, 0.6) is 5.75 Å². The number of anilines is 1. The van der Waals surface area contributed by atoms with E-state index in [1.165, 1.54) is 6.92 Å². The van der Waals surface area contributed by atoms with Crippen LogP contribution in [0, 0.1) is 5.82 Å². The van der Waals surface area contributed by atoms with E-state index in [9.17, 15) is 31.1 Å². The van der Waals surface area contributed by atoms with E-state index in [0.717, 1.165) is 16.8 Å². The zero-order valence-electron chi connectivity index (χ0n) is 14.7. The molecule has 1 aliphatic carbocycles. The fraction of sp³-hybridized carbons (Fsp3) is 0.412. The van der Waals surface area contributed by atoms with Gasteiger partial charge in [0.05, 0.1) is 15.9 Å². The summed E-state index contributed by atoms with van der Waals surface area (Å²) in [6.45, 7) is -1.94. The Morgan fingerprint density at radius 3 is 2.55 bits per heavy atom. The van der Waals surface area contributed by atoms with Crippen LogP contribution in [0.1, 0.15) is 43.1 Å². The topological polar surface area (TPSA) is 56.1 Å². The highest BCUT2D eigenvalue weighted by atomic mass is 79.9. The molecule has 12 heteroatoms. The molecule has 0 spiro atoms. The van der Waals surface area contributed by atoms with Gasteiger partial charge in [0.25, 0.3) is 0 Å². The quantitative estimate of drug-likeness (QED) is 0.551. The van der Waals surface area contributed by atoms with Gasteiger partial charge in [-0.05, 0) is 47.8 Å². The van der Waals surface area contributed by atoms with Crippen LogP contribution < -0.4 is 10.1 Å². The number of alkyl halides is 5. The van der Waals surface area contributed by atoms with Crippen LogP contribution in [0.25, 0.3) is 0 Å². The zero-order valence-corrected chi connectivity index (χ0v) is 16.3. The fourth-order valence-corrected chi connectivity index (χ4v) is 3.58. The molecule has 1 aliphatic rings. The minimum Gasteiger partial charge on any atom is -0.432 e. The third-order valence-corrected chi connectivity index (χ3v) is 5.07. The lowest BCUT2D eigenvalue weighted by molar-refractivity contribution is -0.142. The van der Waals surface area contributed by atoms with Crippen molar-refractivity contribution in [2.75, 3.05) is 5.32 Å². The van der Waals surface area contributed by atoms with Crippen LogP contribution in [0.4, 0.5) is 32.0 Å². The van der Waals surface area contributed by atoms with E-state index in [1.807, 2.05) is 0 Å². The smallest absolute Gasteiger partial charge is 0.432 e. The molecule has 1 N–H and O–H groups in total. The summed E-state index contributed by atoms with van der Waals surface area (Å²) in [5, 5.41) is 5.84. The summed E-state index contributed by atoms with van der Waals surface area (Å²) in [5.74, 6) is -2.48. The first kappa shape index (κ1) is 21.5. The molecule has 0 bridgehead atoms. The van der Waals surface area contributed by atoms with Crippen molar-refractivity contribution in [1.82, 2.24) is 9.78 Å². The number of aromatic nitrogens is 2. The molecular formula is C17H14BrF6N3O2. The van der Waals surface area contributed by atoms with Gasteiger partial charge in [-0.25, -0.2) is 4.39 Å². The largest absolute Gasteiger partial charge is 0.436 e. The molecule has 1 amide bonds. The minimum atomic E-state index is -4.72. The highest BCUT2D eigenvalue weighted by molar-refractivity contribution is 9.10. The van der Waals surface area contributed by atoms with Gasteiger partial charge in [0.15, 0.2) is 11.4 Å². The average molecular weight is 486 g/mol. The fourth-order valence-electron chi connectivity index (χ4n) is 2.77. The van der Waals surface area contributed by atoms with Crippen LogP contribution >= 0.6 is 15.9 Å². The number of rotatable bonds is 6. The first-order valence-corrected chi connectivity index (χ1v) is 9.18. The van der Waals surface area contributed by atoms with Crippen LogP contribution in [0.2, 0.25) is 0 Å². The summed E-state index contributed by atoms with van der Waals surface area (Å²) in [6, 6.07) is 1.39. The molecule has 3 rings (SSSR count). The van der Waals surface area contributed by atoms with Gasteiger partial charge in [-0.2, -0.15) is 27.1 Å². The third kappa shape index (κ3) is 4.68. The molecule has 1 atom stereocenters. The first-order chi connectivity index (χ1) is 13.5. The molecule has 2 aromatic rings. The maximum absolute atomic E-state index is 13.3. The Hall–Kier alpha value is -2.24. The number of carbonyl (C=O) groups is 1. The van der Waals surface area contributed by atoms with Crippen LogP contribution in [0.15, 0.2) is 22.7 Å². The Morgan fingerprint density at radius 1 is 1.34 bits per heavy atom. The molecule has 1 fully saturated rings. The monoisotopic (exact) mass is 485 g/mol. The van der Waals surface area contributed by atoms with Crippen molar-refractivity contribution in [3.63, 3.8) is 0 Å². The van der Waals surface area contributed by atoms with Crippen molar-refractivity contribution in [3.8, 4) is 5.75 Å². The highest BCUT2D eigenvalue weighted by Gasteiger charge is 2.43. The number of hydrogen-bond acceptors (Lipinski definition) is 3. The summed E-state index contributed by atoms with van der Waals surface area (Å²) in [5.41, 5.74) is -1.16. The van der Waals surface area contributed by atoms with Crippen LogP contribution in [0.3, 0.4) is 0 Å². The summed E-state index contributed by atoms with van der Waals surface area (Å²) < 4.78 is 82.9. The van der Waals surface area contributed by atoms with Crippen molar-refractivity contribution in [3.05, 3.63) is 39.9 Å². The number of nitrogens with one attached hydrogen (secondary N) is 1. The SMILES string of the molecule is CC(C(=O)Nc1ccc(F)cc1OC(F)F)n1nc(C(F)(F)F)c(Br)c1C1CC1. The van der Waals surface area contributed by atoms with Gasteiger partial charge in [-0.1, -0.05) is 0 Å². The maximum Gasteiger partial charge on any atom is 0.436 e. The van der Waals surface area contributed by atoms with Gasteiger partial charge in [0.1, 0.15) is 11.9 Å². The lowest BCUT2D eigenvalue weighted by atomic mass is 10.2. The first-order valence-electron chi connectivity index (χ1n) is 8.39. The standard InChI is InChI=1S/C17H14BrF6N3O2/c1-7(15(28)25-10-5-4-9(19)6-11(10)29-16(20)21)27-13(8-2-3-8)12(18)14(26-27)17(22,23)24/h4-8,16H,2-3H2,1H3,(H,25,28). The average Bonchev–Trinajstić information content (AvgIpc) is 3.37. The molecule has 158 valence electrons. The third-order valence-electron chi connectivity index (χ3n) is 4.28. The van der Waals surface area contributed by atoms with Gasteiger partial charge in [0.2, 0.25) is 5.91 Å². The lowest BCUT2D eigenvalue weighted by Gasteiger charge is -2.17. The molecule has 0 aliphatic heterocycles. The number of benzene rings is 1. The lowest BCUT2D eigenvalue weighted by Crippen LogP contribution is -2.26. The number of ether oxygens (including phenoxy) is 1. The number of carbonyl (C=O) groups excluding carboxylic acids is 1. The van der Waals surface area contributed by atoms with Gasteiger partial charge < -0.3 is 10.1 Å². The second-order valence-corrected chi connectivity index (χ2v) is 7.24. The van der Waals surface area contributed by atoms with Crippen molar-refractivity contribution >= 4 is 27.5 Å². The molecular weight excluding hydrogens is 472 g/mol. The molecule has 0 radical (unpaired) electrons. The minimum absolute atomic E-state index is 0.174. The maximum atomic E-state index is 13.3. The molecule has 29 heavy (non-hydrogen) atoms. The summed E-state index contributed by atoms with van der Waals surface area (Å²) >= 11 is 2.93. The highest BCUT2D eigenvalue weighted by Crippen LogP contribution is 2.47. The van der Waals surface area contributed by atoms with Gasteiger partial charge in [-0.15, -0.1) is 0 Å². The Labute approximate surface area is 169 Å². The Balaban J connectivity index is 1.90. The molecule has 1 saturated carbocycles. The molecule has 1 heterocycles. The number of halogens is 7. The normalized spacial score (nSPS) is 15.5. The van der Waals surface area contributed by atoms with E-state index >= 15 is 0 Å². The molecule has 1 aromatic carbocycles. The van der Waals surface area contributed by atoms with E-state index in [-0.39, 0.29) is 21.8 Å². The van der Waals surface area contributed by atoms with E-state index in [1.54, 1.807) is 0 Å². The number of amides is 1. The predicted molar refractivity (Wildman–Crippen MR) is 93.3 cm³/mol. The van der Waals surface area contributed by atoms with E-state index in [0.29, 0.717) is 18.9 Å².